The van der Waals surface area contributed by atoms with Gasteiger partial charge in [0.1, 0.15) is 0 Å². The van der Waals surface area contributed by atoms with Gasteiger partial charge in [0.25, 0.3) is 0 Å². The van der Waals surface area contributed by atoms with Crippen molar-refractivity contribution in [3.8, 4) is 28.1 Å². The summed E-state index contributed by atoms with van der Waals surface area (Å²) in [5.41, 5.74) is 8.58. The first-order valence-corrected chi connectivity index (χ1v) is 9.84. The molecule has 0 spiro atoms. The molecular formula is C25H22BF4N. The van der Waals surface area contributed by atoms with Crippen LogP contribution in [0.3, 0.4) is 0 Å². The number of aryl methyl sites for hydroxylation is 2. The first-order valence-electron chi connectivity index (χ1n) is 9.84. The molecule has 4 aromatic rings. The van der Waals surface area contributed by atoms with Crippen LogP contribution in [-0.4, -0.2) is 7.25 Å². The molecule has 0 fully saturated rings. The second-order valence-corrected chi connectivity index (χ2v) is 7.17. The summed E-state index contributed by atoms with van der Waals surface area (Å²) in [5, 5.41) is 0. The van der Waals surface area contributed by atoms with Crippen molar-refractivity contribution in [2.75, 3.05) is 0 Å². The fourth-order valence-corrected chi connectivity index (χ4v) is 3.39. The van der Waals surface area contributed by atoms with Gasteiger partial charge in [0.15, 0.2) is 5.69 Å². The highest BCUT2D eigenvalue weighted by molar-refractivity contribution is 6.50. The largest absolute Gasteiger partial charge is 0.673 e. The zero-order valence-corrected chi connectivity index (χ0v) is 17.3. The summed E-state index contributed by atoms with van der Waals surface area (Å²) in [6.45, 7) is 4.30. The lowest BCUT2D eigenvalue weighted by molar-refractivity contribution is -0.591. The summed E-state index contributed by atoms with van der Waals surface area (Å²) in [4.78, 5) is 0. The first kappa shape index (κ1) is 22.3. The summed E-state index contributed by atoms with van der Waals surface area (Å²) < 4.78 is 41.3. The predicted molar refractivity (Wildman–Crippen MR) is 119 cm³/mol. The number of pyridine rings is 1. The highest BCUT2D eigenvalue weighted by Gasteiger charge is 2.21. The lowest BCUT2D eigenvalue weighted by atomic mass is 10.0. The second kappa shape index (κ2) is 9.60. The summed E-state index contributed by atoms with van der Waals surface area (Å²) in [5.74, 6) is 0. The molecule has 0 saturated heterocycles. The molecule has 3 aromatic carbocycles. The van der Waals surface area contributed by atoms with Crippen molar-refractivity contribution in [2.24, 2.45) is 0 Å². The van der Waals surface area contributed by atoms with E-state index < -0.39 is 7.25 Å². The van der Waals surface area contributed by atoms with E-state index in [1.807, 2.05) is 0 Å². The number of nitrogens with zero attached hydrogens (tertiary/aromatic N) is 1. The van der Waals surface area contributed by atoms with E-state index in [1.165, 1.54) is 39.3 Å². The Hall–Kier alpha value is -3.41. The SMILES string of the molecule is Cc1ccc(-[n+]2c(C)cc(-c3ccccc3)cc2-c2ccccc2)cc1.F[B-](F)(F)F. The van der Waals surface area contributed by atoms with Gasteiger partial charge in [0, 0.05) is 36.8 Å². The Morgan fingerprint density at radius 1 is 0.581 bits per heavy atom. The van der Waals surface area contributed by atoms with Gasteiger partial charge in [-0.1, -0.05) is 66.2 Å². The van der Waals surface area contributed by atoms with Gasteiger partial charge in [-0.25, -0.2) is 0 Å². The molecule has 158 valence electrons. The number of rotatable bonds is 3. The quantitative estimate of drug-likeness (QED) is 0.186. The average Bonchev–Trinajstić information content (AvgIpc) is 2.74. The van der Waals surface area contributed by atoms with Crippen LogP contribution in [0.5, 0.6) is 0 Å². The van der Waals surface area contributed by atoms with E-state index in [4.69, 9.17) is 0 Å². The van der Waals surface area contributed by atoms with Crippen LogP contribution in [0.1, 0.15) is 11.3 Å². The Balaban J connectivity index is 0.000000491. The molecule has 0 atom stereocenters. The van der Waals surface area contributed by atoms with Crippen molar-refractivity contribution in [1.29, 1.82) is 0 Å². The Kier molecular flexibility index (Phi) is 6.90. The Bertz CT molecular complexity index is 1120. The first-order chi connectivity index (χ1) is 14.7. The minimum Gasteiger partial charge on any atom is -0.418 e. The fourth-order valence-electron chi connectivity index (χ4n) is 3.39. The molecule has 1 nitrogen and oxygen atoms in total. The van der Waals surface area contributed by atoms with Gasteiger partial charge in [0.05, 0.1) is 0 Å². The van der Waals surface area contributed by atoms with E-state index in [2.05, 4.69) is 115 Å². The maximum absolute atomic E-state index is 9.75. The van der Waals surface area contributed by atoms with Crippen molar-refractivity contribution < 1.29 is 21.8 Å². The predicted octanol–water partition coefficient (Wildman–Crippen LogP) is 7.21. The smallest absolute Gasteiger partial charge is 0.418 e. The van der Waals surface area contributed by atoms with E-state index in [1.54, 1.807) is 0 Å². The molecule has 0 saturated carbocycles. The van der Waals surface area contributed by atoms with Gasteiger partial charge in [0.2, 0.25) is 11.4 Å². The Morgan fingerprint density at radius 3 is 1.58 bits per heavy atom. The van der Waals surface area contributed by atoms with Gasteiger partial charge in [-0.15, -0.1) is 0 Å². The standard InChI is InChI=1S/C25H22N.BF4/c1-19-13-15-24(16-14-19)26-20(2)17-23(21-9-5-3-6-10-21)18-25(26)22-11-7-4-8-12-22;2-1(3,4)5/h3-18H,1-2H3;/q+1;-1. The number of benzene rings is 3. The molecule has 31 heavy (non-hydrogen) atoms. The zero-order chi connectivity index (χ0) is 22.4. The molecule has 0 amide bonds. The number of halogens is 4. The van der Waals surface area contributed by atoms with Gasteiger partial charge < -0.3 is 17.3 Å². The van der Waals surface area contributed by atoms with Crippen molar-refractivity contribution in [2.45, 2.75) is 13.8 Å². The van der Waals surface area contributed by atoms with Crippen LogP contribution in [0.25, 0.3) is 28.1 Å². The molecule has 1 aromatic heterocycles. The molecule has 6 heteroatoms. The maximum Gasteiger partial charge on any atom is 0.673 e. The van der Waals surface area contributed by atoms with Crippen molar-refractivity contribution in [1.82, 2.24) is 0 Å². The molecule has 4 rings (SSSR count). The molecule has 0 radical (unpaired) electrons. The van der Waals surface area contributed by atoms with Crippen molar-refractivity contribution in [3.05, 3.63) is 108 Å². The van der Waals surface area contributed by atoms with E-state index >= 15 is 0 Å². The summed E-state index contributed by atoms with van der Waals surface area (Å²) in [6.07, 6.45) is 0. The monoisotopic (exact) mass is 423 g/mol. The molecule has 0 aliphatic carbocycles. The topological polar surface area (TPSA) is 3.88 Å². The van der Waals surface area contributed by atoms with Crippen LogP contribution in [0.2, 0.25) is 0 Å². The van der Waals surface area contributed by atoms with Gasteiger partial charge in [-0.2, -0.15) is 4.57 Å². The maximum atomic E-state index is 9.75. The third kappa shape index (κ3) is 6.28. The molecule has 0 unspecified atom stereocenters. The Labute approximate surface area is 179 Å². The zero-order valence-electron chi connectivity index (χ0n) is 17.3. The van der Waals surface area contributed by atoms with Gasteiger partial charge >= 0.3 is 7.25 Å². The van der Waals surface area contributed by atoms with E-state index in [0.29, 0.717) is 0 Å². The van der Waals surface area contributed by atoms with Gasteiger partial charge in [-0.05, 0) is 30.2 Å². The lowest BCUT2D eigenvalue weighted by Gasteiger charge is -2.10. The van der Waals surface area contributed by atoms with Gasteiger partial charge in [-0.3, -0.25) is 0 Å². The molecule has 0 aliphatic heterocycles. The molecule has 0 aliphatic rings. The molecule has 0 bridgehead atoms. The van der Waals surface area contributed by atoms with Crippen LogP contribution in [0.15, 0.2) is 97.1 Å². The van der Waals surface area contributed by atoms with Crippen molar-refractivity contribution >= 4 is 7.25 Å². The minimum absolute atomic E-state index is 1.19. The van der Waals surface area contributed by atoms with Crippen molar-refractivity contribution in [3.63, 3.8) is 0 Å². The van der Waals surface area contributed by atoms with E-state index in [9.17, 15) is 17.3 Å². The summed E-state index contributed by atoms with van der Waals surface area (Å²) >= 11 is 0. The molecule has 0 N–H and O–H groups in total. The Morgan fingerprint density at radius 2 is 1.06 bits per heavy atom. The van der Waals surface area contributed by atoms with Crippen LogP contribution < -0.4 is 4.57 Å². The molecule has 1 heterocycles. The third-order valence-electron chi connectivity index (χ3n) is 4.72. The molecular weight excluding hydrogens is 401 g/mol. The fraction of sp³-hybridized carbons (Fsp3) is 0.0800. The highest BCUT2D eigenvalue weighted by atomic mass is 19.5. The average molecular weight is 423 g/mol. The van der Waals surface area contributed by atoms with Crippen LogP contribution >= 0.6 is 0 Å². The van der Waals surface area contributed by atoms with Crippen LogP contribution in [0, 0.1) is 13.8 Å². The van der Waals surface area contributed by atoms with Crippen LogP contribution in [0.4, 0.5) is 17.3 Å². The minimum atomic E-state index is -6.00. The van der Waals surface area contributed by atoms with E-state index in [0.717, 1.165) is 0 Å². The number of hydrogen-bond acceptors (Lipinski definition) is 0. The van der Waals surface area contributed by atoms with E-state index in [-0.39, 0.29) is 0 Å². The number of aromatic nitrogens is 1. The second-order valence-electron chi connectivity index (χ2n) is 7.17. The third-order valence-corrected chi connectivity index (χ3v) is 4.72. The van der Waals surface area contributed by atoms with Crippen LogP contribution in [-0.2, 0) is 0 Å². The summed E-state index contributed by atoms with van der Waals surface area (Å²) in [6, 6.07) is 34.5. The lowest BCUT2D eigenvalue weighted by Crippen LogP contribution is -2.37. The number of hydrogen-bond donors (Lipinski definition) is 0. The highest BCUT2D eigenvalue weighted by Crippen LogP contribution is 2.26. The normalized spacial score (nSPS) is 10.9. The summed E-state index contributed by atoms with van der Waals surface area (Å²) in [7, 11) is -6.00.